The summed E-state index contributed by atoms with van der Waals surface area (Å²) in [6.45, 7) is 6.55. The molecule has 4 heteroatoms. The predicted molar refractivity (Wildman–Crippen MR) is 103 cm³/mol. The lowest BCUT2D eigenvalue weighted by Gasteiger charge is -2.35. The molecule has 1 amide bonds. The maximum Gasteiger partial charge on any atom is 0.227 e. The SMILES string of the molecule is Cc1ccc(CC(=O)N2CCN(CCc3ccccc3Cl)CC2)cc1. The molecule has 132 valence electrons. The number of hydrogen-bond acceptors (Lipinski definition) is 2. The largest absolute Gasteiger partial charge is 0.340 e. The number of carbonyl (C=O) groups excluding carboxylic acids is 1. The molecular weight excluding hydrogens is 332 g/mol. The fourth-order valence-electron chi connectivity index (χ4n) is 3.19. The van der Waals surface area contributed by atoms with Gasteiger partial charge in [0, 0.05) is 37.7 Å². The first-order chi connectivity index (χ1) is 12.1. The molecule has 2 aromatic rings. The fourth-order valence-corrected chi connectivity index (χ4v) is 3.42. The molecule has 0 saturated carbocycles. The number of rotatable bonds is 5. The van der Waals surface area contributed by atoms with Gasteiger partial charge in [0.2, 0.25) is 5.91 Å². The highest BCUT2D eigenvalue weighted by molar-refractivity contribution is 6.31. The van der Waals surface area contributed by atoms with Gasteiger partial charge in [0.05, 0.1) is 6.42 Å². The Hall–Kier alpha value is -1.84. The molecule has 1 fully saturated rings. The highest BCUT2D eigenvalue weighted by Crippen LogP contribution is 2.16. The molecule has 1 aliphatic heterocycles. The van der Waals surface area contributed by atoms with Crippen molar-refractivity contribution in [1.29, 1.82) is 0 Å². The van der Waals surface area contributed by atoms with Gasteiger partial charge in [-0.15, -0.1) is 0 Å². The highest BCUT2D eigenvalue weighted by Gasteiger charge is 2.21. The lowest BCUT2D eigenvalue weighted by molar-refractivity contribution is -0.132. The van der Waals surface area contributed by atoms with Crippen molar-refractivity contribution in [2.45, 2.75) is 19.8 Å². The molecule has 0 atom stereocenters. The van der Waals surface area contributed by atoms with Crippen molar-refractivity contribution >= 4 is 17.5 Å². The molecule has 25 heavy (non-hydrogen) atoms. The fraction of sp³-hybridized carbons (Fsp3) is 0.381. The average molecular weight is 357 g/mol. The van der Waals surface area contributed by atoms with Crippen molar-refractivity contribution in [2.75, 3.05) is 32.7 Å². The van der Waals surface area contributed by atoms with Crippen LogP contribution in [0, 0.1) is 6.92 Å². The molecule has 0 N–H and O–H groups in total. The van der Waals surface area contributed by atoms with Crippen LogP contribution in [0.1, 0.15) is 16.7 Å². The zero-order valence-corrected chi connectivity index (χ0v) is 15.5. The third-order valence-corrected chi connectivity index (χ3v) is 5.22. The number of hydrogen-bond donors (Lipinski definition) is 0. The summed E-state index contributed by atoms with van der Waals surface area (Å²) in [6.07, 6.45) is 1.46. The first-order valence-electron chi connectivity index (χ1n) is 8.91. The van der Waals surface area contributed by atoms with E-state index in [2.05, 4.69) is 30.0 Å². The Bertz CT molecular complexity index is 706. The van der Waals surface area contributed by atoms with Crippen LogP contribution in [0.2, 0.25) is 5.02 Å². The zero-order chi connectivity index (χ0) is 17.6. The summed E-state index contributed by atoms with van der Waals surface area (Å²) in [5.74, 6) is 0.231. The summed E-state index contributed by atoms with van der Waals surface area (Å²) in [6, 6.07) is 16.3. The lowest BCUT2D eigenvalue weighted by Crippen LogP contribution is -2.49. The molecule has 2 aromatic carbocycles. The van der Waals surface area contributed by atoms with E-state index >= 15 is 0 Å². The minimum atomic E-state index is 0.231. The Morgan fingerprint density at radius 2 is 1.68 bits per heavy atom. The van der Waals surface area contributed by atoms with E-state index in [-0.39, 0.29) is 5.91 Å². The molecule has 0 aromatic heterocycles. The second kappa shape index (κ2) is 8.50. The van der Waals surface area contributed by atoms with Crippen molar-refractivity contribution in [3.05, 3.63) is 70.2 Å². The van der Waals surface area contributed by atoms with Crippen molar-refractivity contribution in [3.8, 4) is 0 Å². The summed E-state index contributed by atoms with van der Waals surface area (Å²) < 4.78 is 0. The molecule has 0 radical (unpaired) electrons. The van der Waals surface area contributed by atoms with Crippen molar-refractivity contribution in [1.82, 2.24) is 9.80 Å². The van der Waals surface area contributed by atoms with E-state index in [1.807, 2.05) is 35.2 Å². The van der Waals surface area contributed by atoms with Crippen LogP contribution in [0.4, 0.5) is 0 Å². The minimum Gasteiger partial charge on any atom is -0.340 e. The summed E-state index contributed by atoms with van der Waals surface area (Å²) in [5, 5.41) is 0.842. The van der Waals surface area contributed by atoms with Crippen molar-refractivity contribution < 1.29 is 4.79 Å². The van der Waals surface area contributed by atoms with E-state index in [1.165, 1.54) is 11.1 Å². The number of amides is 1. The molecule has 3 nitrogen and oxygen atoms in total. The van der Waals surface area contributed by atoms with E-state index in [4.69, 9.17) is 11.6 Å². The number of halogens is 1. The van der Waals surface area contributed by atoms with Crippen LogP contribution in [-0.4, -0.2) is 48.4 Å². The standard InChI is InChI=1S/C21H25ClN2O/c1-17-6-8-18(9-7-17)16-21(25)24-14-12-23(13-15-24)11-10-19-4-2-3-5-20(19)22/h2-9H,10-16H2,1H3. The first kappa shape index (κ1) is 18.0. The average Bonchev–Trinajstić information content (AvgIpc) is 2.63. The van der Waals surface area contributed by atoms with Crippen LogP contribution in [-0.2, 0) is 17.6 Å². The van der Waals surface area contributed by atoms with Gasteiger partial charge in [0.15, 0.2) is 0 Å². The Morgan fingerprint density at radius 1 is 1.00 bits per heavy atom. The van der Waals surface area contributed by atoms with Gasteiger partial charge < -0.3 is 4.90 Å². The number of carbonyl (C=O) groups is 1. The number of piperazine rings is 1. The van der Waals surface area contributed by atoms with Crippen LogP contribution in [0.15, 0.2) is 48.5 Å². The molecule has 3 rings (SSSR count). The molecule has 1 aliphatic rings. The number of nitrogens with zero attached hydrogens (tertiary/aromatic N) is 2. The third kappa shape index (κ3) is 5.07. The van der Waals surface area contributed by atoms with Crippen LogP contribution in [0.3, 0.4) is 0 Å². The van der Waals surface area contributed by atoms with Crippen LogP contribution in [0.5, 0.6) is 0 Å². The van der Waals surface area contributed by atoms with Crippen molar-refractivity contribution in [2.24, 2.45) is 0 Å². The molecule has 0 spiro atoms. The highest BCUT2D eigenvalue weighted by atomic mass is 35.5. The Kier molecular flexibility index (Phi) is 6.11. The van der Waals surface area contributed by atoms with E-state index < -0.39 is 0 Å². The van der Waals surface area contributed by atoms with Crippen LogP contribution < -0.4 is 0 Å². The van der Waals surface area contributed by atoms with E-state index in [1.54, 1.807) is 0 Å². The summed E-state index contributed by atoms with van der Waals surface area (Å²) in [5.41, 5.74) is 3.52. The molecule has 1 saturated heterocycles. The van der Waals surface area contributed by atoms with E-state index in [0.717, 1.165) is 49.7 Å². The van der Waals surface area contributed by atoms with Gasteiger partial charge in [-0.1, -0.05) is 59.6 Å². The second-order valence-corrected chi connectivity index (χ2v) is 7.13. The van der Waals surface area contributed by atoms with Gasteiger partial charge in [-0.05, 0) is 30.5 Å². The lowest BCUT2D eigenvalue weighted by atomic mass is 10.1. The second-order valence-electron chi connectivity index (χ2n) is 6.73. The quantitative estimate of drug-likeness (QED) is 0.817. The summed E-state index contributed by atoms with van der Waals surface area (Å²) in [7, 11) is 0. The Labute approximate surface area is 155 Å². The monoisotopic (exact) mass is 356 g/mol. The zero-order valence-electron chi connectivity index (χ0n) is 14.7. The predicted octanol–water partition coefficient (Wildman–Crippen LogP) is 3.58. The molecular formula is C21H25ClN2O. The van der Waals surface area contributed by atoms with Gasteiger partial charge in [0.1, 0.15) is 0 Å². The van der Waals surface area contributed by atoms with Crippen LogP contribution in [0.25, 0.3) is 0 Å². The maximum atomic E-state index is 12.5. The van der Waals surface area contributed by atoms with Gasteiger partial charge in [-0.25, -0.2) is 0 Å². The molecule has 0 aliphatic carbocycles. The van der Waals surface area contributed by atoms with Gasteiger partial charge in [-0.3, -0.25) is 9.69 Å². The van der Waals surface area contributed by atoms with Crippen LogP contribution >= 0.6 is 11.6 Å². The minimum absolute atomic E-state index is 0.231. The van der Waals surface area contributed by atoms with Gasteiger partial charge in [0.25, 0.3) is 0 Å². The summed E-state index contributed by atoms with van der Waals surface area (Å²) >= 11 is 6.22. The Balaban J connectivity index is 1.44. The molecule has 0 unspecified atom stereocenters. The van der Waals surface area contributed by atoms with Gasteiger partial charge in [-0.2, -0.15) is 0 Å². The van der Waals surface area contributed by atoms with E-state index in [0.29, 0.717) is 6.42 Å². The van der Waals surface area contributed by atoms with Crippen molar-refractivity contribution in [3.63, 3.8) is 0 Å². The molecule has 1 heterocycles. The molecule has 0 bridgehead atoms. The number of aryl methyl sites for hydroxylation is 1. The first-order valence-corrected chi connectivity index (χ1v) is 9.29. The smallest absolute Gasteiger partial charge is 0.227 e. The Morgan fingerprint density at radius 3 is 2.36 bits per heavy atom. The topological polar surface area (TPSA) is 23.6 Å². The van der Waals surface area contributed by atoms with Gasteiger partial charge >= 0.3 is 0 Å². The summed E-state index contributed by atoms with van der Waals surface area (Å²) in [4.78, 5) is 16.9. The normalized spacial score (nSPS) is 15.4. The number of benzene rings is 2. The third-order valence-electron chi connectivity index (χ3n) is 4.86. The van der Waals surface area contributed by atoms with E-state index in [9.17, 15) is 4.79 Å². The maximum absolute atomic E-state index is 12.5.